The molecular weight excluding hydrogens is 428 g/mol. The van der Waals surface area contributed by atoms with Gasteiger partial charge in [-0.15, -0.1) is 0 Å². The minimum atomic E-state index is -0.819. The SMILES string of the molecule is CC(NC(=O)C(C)(C)C)C(=O)NNC(=O)c1cc(-c2ccc(Cl)cc2)nc2ccccc12. The Morgan fingerprint density at radius 2 is 1.62 bits per heavy atom. The van der Waals surface area contributed by atoms with Crippen molar-refractivity contribution in [2.24, 2.45) is 5.41 Å². The van der Waals surface area contributed by atoms with E-state index in [-0.39, 0.29) is 5.91 Å². The zero-order valence-electron chi connectivity index (χ0n) is 18.3. The molecule has 1 aromatic heterocycles. The fourth-order valence-corrected chi connectivity index (χ4v) is 3.03. The van der Waals surface area contributed by atoms with Crippen LogP contribution in [0.25, 0.3) is 22.2 Å². The van der Waals surface area contributed by atoms with Gasteiger partial charge < -0.3 is 5.32 Å². The normalized spacial score (nSPS) is 12.2. The number of hydrogen-bond donors (Lipinski definition) is 3. The summed E-state index contributed by atoms with van der Waals surface area (Å²) in [4.78, 5) is 42.0. The lowest BCUT2D eigenvalue weighted by Crippen LogP contribution is -2.52. The van der Waals surface area contributed by atoms with Crippen LogP contribution in [0.2, 0.25) is 5.02 Å². The number of carbonyl (C=O) groups is 3. The third kappa shape index (κ3) is 5.42. The van der Waals surface area contributed by atoms with Crippen LogP contribution in [-0.4, -0.2) is 28.7 Å². The lowest BCUT2D eigenvalue weighted by molar-refractivity contribution is -0.133. The Bertz CT molecular complexity index is 1170. The van der Waals surface area contributed by atoms with Crippen molar-refractivity contribution in [3.8, 4) is 11.3 Å². The molecule has 166 valence electrons. The van der Waals surface area contributed by atoms with E-state index in [1.165, 1.54) is 0 Å². The van der Waals surface area contributed by atoms with Crippen molar-refractivity contribution < 1.29 is 14.4 Å². The molecule has 0 saturated heterocycles. The smallest absolute Gasteiger partial charge is 0.270 e. The van der Waals surface area contributed by atoms with E-state index in [0.717, 1.165) is 5.56 Å². The predicted octanol–water partition coefficient (Wildman–Crippen LogP) is 3.87. The van der Waals surface area contributed by atoms with E-state index in [1.807, 2.05) is 30.3 Å². The van der Waals surface area contributed by atoms with Crippen molar-refractivity contribution >= 4 is 40.2 Å². The molecule has 2 aromatic carbocycles. The van der Waals surface area contributed by atoms with Gasteiger partial charge in [0.1, 0.15) is 6.04 Å². The second kappa shape index (κ2) is 9.36. The van der Waals surface area contributed by atoms with Crippen molar-refractivity contribution in [2.75, 3.05) is 0 Å². The lowest BCUT2D eigenvalue weighted by atomic mass is 9.95. The molecule has 0 radical (unpaired) electrons. The molecule has 3 rings (SSSR count). The van der Waals surface area contributed by atoms with Crippen LogP contribution in [0.4, 0.5) is 0 Å². The summed E-state index contributed by atoms with van der Waals surface area (Å²) < 4.78 is 0. The Morgan fingerprint density at radius 1 is 0.969 bits per heavy atom. The molecule has 3 aromatic rings. The third-order valence-corrected chi connectivity index (χ3v) is 5.07. The highest BCUT2D eigenvalue weighted by Crippen LogP contribution is 2.26. The summed E-state index contributed by atoms with van der Waals surface area (Å²) >= 11 is 5.98. The average Bonchev–Trinajstić information content (AvgIpc) is 2.76. The van der Waals surface area contributed by atoms with Gasteiger partial charge >= 0.3 is 0 Å². The molecule has 1 heterocycles. The molecule has 0 aliphatic carbocycles. The molecule has 0 spiro atoms. The summed E-state index contributed by atoms with van der Waals surface area (Å²) in [5.41, 5.74) is 6.57. The van der Waals surface area contributed by atoms with E-state index in [1.54, 1.807) is 52.0 Å². The van der Waals surface area contributed by atoms with E-state index < -0.39 is 23.3 Å². The van der Waals surface area contributed by atoms with E-state index in [0.29, 0.717) is 27.2 Å². The minimum Gasteiger partial charge on any atom is -0.344 e. The van der Waals surface area contributed by atoms with Crippen LogP contribution in [0.1, 0.15) is 38.1 Å². The lowest BCUT2D eigenvalue weighted by Gasteiger charge is -2.21. The molecule has 0 aliphatic rings. The Morgan fingerprint density at radius 3 is 2.28 bits per heavy atom. The van der Waals surface area contributed by atoms with Gasteiger partial charge in [-0.05, 0) is 31.2 Å². The highest BCUT2D eigenvalue weighted by Gasteiger charge is 2.25. The fraction of sp³-hybridized carbons (Fsp3) is 0.250. The highest BCUT2D eigenvalue weighted by molar-refractivity contribution is 6.30. The largest absolute Gasteiger partial charge is 0.344 e. The van der Waals surface area contributed by atoms with Crippen LogP contribution >= 0.6 is 11.6 Å². The molecule has 0 aliphatic heterocycles. The maximum absolute atomic E-state index is 12.9. The summed E-state index contributed by atoms with van der Waals surface area (Å²) in [6, 6.07) is 15.2. The third-order valence-electron chi connectivity index (χ3n) is 4.82. The summed E-state index contributed by atoms with van der Waals surface area (Å²) in [6.07, 6.45) is 0. The van der Waals surface area contributed by atoms with E-state index in [2.05, 4.69) is 21.2 Å². The van der Waals surface area contributed by atoms with Gasteiger partial charge in [-0.2, -0.15) is 0 Å². The second-order valence-corrected chi connectivity index (χ2v) is 8.90. The topological polar surface area (TPSA) is 100 Å². The molecule has 0 fully saturated rings. The number of fused-ring (bicyclic) bond motifs is 1. The van der Waals surface area contributed by atoms with Gasteiger partial charge in [-0.3, -0.25) is 25.2 Å². The quantitative estimate of drug-likeness (QED) is 0.523. The highest BCUT2D eigenvalue weighted by atomic mass is 35.5. The summed E-state index contributed by atoms with van der Waals surface area (Å²) in [5.74, 6) is -1.30. The van der Waals surface area contributed by atoms with E-state index in [9.17, 15) is 14.4 Å². The maximum Gasteiger partial charge on any atom is 0.270 e. The number of nitrogens with zero attached hydrogens (tertiary/aromatic N) is 1. The second-order valence-electron chi connectivity index (χ2n) is 8.47. The monoisotopic (exact) mass is 452 g/mol. The fourth-order valence-electron chi connectivity index (χ4n) is 2.90. The van der Waals surface area contributed by atoms with Crippen molar-refractivity contribution in [1.82, 2.24) is 21.2 Å². The van der Waals surface area contributed by atoms with Crippen LogP contribution in [0, 0.1) is 5.41 Å². The molecule has 32 heavy (non-hydrogen) atoms. The molecule has 7 nitrogen and oxygen atoms in total. The molecular formula is C24H25ClN4O3. The first-order valence-corrected chi connectivity index (χ1v) is 10.5. The number of benzene rings is 2. The van der Waals surface area contributed by atoms with Gasteiger partial charge in [-0.1, -0.05) is 62.7 Å². The Labute approximate surface area is 191 Å². The molecule has 1 atom stereocenters. The Hall–Kier alpha value is -3.45. The van der Waals surface area contributed by atoms with Crippen LogP contribution in [0.5, 0.6) is 0 Å². The van der Waals surface area contributed by atoms with Crippen molar-refractivity contribution in [2.45, 2.75) is 33.7 Å². The molecule has 3 amide bonds. The zero-order valence-corrected chi connectivity index (χ0v) is 19.1. The van der Waals surface area contributed by atoms with Crippen LogP contribution in [0.3, 0.4) is 0 Å². The number of aromatic nitrogens is 1. The van der Waals surface area contributed by atoms with Crippen molar-refractivity contribution in [1.29, 1.82) is 0 Å². The number of para-hydroxylation sites is 1. The first-order chi connectivity index (χ1) is 15.1. The van der Waals surface area contributed by atoms with Gasteiger partial charge in [-0.25, -0.2) is 4.98 Å². The molecule has 1 unspecified atom stereocenters. The van der Waals surface area contributed by atoms with E-state index >= 15 is 0 Å². The standard InChI is InChI=1S/C24H25ClN4O3/c1-14(26-23(32)24(2,3)4)21(30)28-29-22(31)18-13-20(15-9-11-16(25)12-10-15)27-19-8-6-5-7-17(18)19/h5-14H,1-4H3,(H,26,32)(H,28,30)(H,29,31). The molecule has 8 heteroatoms. The minimum absolute atomic E-state index is 0.265. The molecule has 0 saturated carbocycles. The number of halogens is 1. The first kappa shape index (κ1) is 23.2. The van der Waals surface area contributed by atoms with Crippen LogP contribution in [-0.2, 0) is 9.59 Å². The number of hydrogen-bond acceptors (Lipinski definition) is 4. The molecule has 0 bridgehead atoms. The number of rotatable bonds is 4. The van der Waals surface area contributed by atoms with Gasteiger partial charge in [0, 0.05) is 21.4 Å². The van der Waals surface area contributed by atoms with Gasteiger partial charge in [0.05, 0.1) is 16.8 Å². The first-order valence-electron chi connectivity index (χ1n) is 10.1. The van der Waals surface area contributed by atoms with Crippen molar-refractivity contribution in [3.05, 3.63) is 65.2 Å². The van der Waals surface area contributed by atoms with Gasteiger partial charge in [0.2, 0.25) is 5.91 Å². The Balaban J connectivity index is 1.81. The molecule has 3 N–H and O–H groups in total. The zero-order chi connectivity index (χ0) is 23.5. The summed E-state index contributed by atoms with van der Waals surface area (Å²) in [6.45, 7) is 6.80. The van der Waals surface area contributed by atoms with Crippen LogP contribution < -0.4 is 16.2 Å². The van der Waals surface area contributed by atoms with Gasteiger partial charge in [0.25, 0.3) is 11.8 Å². The number of carbonyl (C=O) groups excluding carboxylic acids is 3. The van der Waals surface area contributed by atoms with E-state index in [4.69, 9.17) is 11.6 Å². The van der Waals surface area contributed by atoms with Gasteiger partial charge in [0.15, 0.2) is 0 Å². The Kier molecular flexibility index (Phi) is 6.79. The summed E-state index contributed by atoms with van der Waals surface area (Å²) in [5, 5.41) is 3.87. The van der Waals surface area contributed by atoms with Crippen LogP contribution in [0.15, 0.2) is 54.6 Å². The number of pyridine rings is 1. The number of hydrazine groups is 1. The maximum atomic E-state index is 12.9. The number of amides is 3. The predicted molar refractivity (Wildman–Crippen MR) is 125 cm³/mol. The summed E-state index contributed by atoms with van der Waals surface area (Å²) in [7, 11) is 0. The number of nitrogens with one attached hydrogen (secondary N) is 3. The van der Waals surface area contributed by atoms with Crippen molar-refractivity contribution in [3.63, 3.8) is 0 Å². The average molecular weight is 453 g/mol.